The molecule has 0 heterocycles. The summed E-state index contributed by atoms with van der Waals surface area (Å²) in [5, 5.41) is 20.7. The van der Waals surface area contributed by atoms with Crippen LogP contribution in [0.15, 0.2) is 461 Å². The molecule has 0 radical (unpaired) electrons. The van der Waals surface area contributed by atoms with Gasteiger partial charge in [-0.15, -0.1) is 0 Å². The normalized spacial score (nSPS) is 11.3. The summed E-state index contributed by atoms with van der Waals surface area (Å²) in [4.78, 5) is 11.6. The average molecular weight is 1910 g/mol. The first-order valence-electron chi connectivity index (χ1n) is 47.1. The van der Waals surface area contributed by atoms with Crippen molar-refractivity contribution in [2.24, 2.45) is 0 Å². The maximum atomic E-state index is 16.6. The molecule has 24 rings (SSSR count). The predicted octanol–water partition coefficient (Wildman–Crippen LogP) is 38.2. The number of hydrogen-bond acceptors (Lipinski definition) is 5. The van der Waals surface area contributed by atoms with Crippen LogP contribution in [0, 0.1) is 76.1 Å². The Morgan fingerprint density at radius 2 is 0.404 bits per heavy atom. The minimum atomic E-state index is -0.493. The Morgan fingerprint density at radius 1 is 0.185 bits per heavy atom. The highest BCUT2D eigenvalue weighted by atomic mass is 19.2. The lowest BCUT2D eigenvalue weighted by atomic mass is 9.91. The van der Waals surface area contributed by atoms with Gasteiger partial charge in [-0.05, 0) is 387 Å². The number of rotatable bonds is 20. The molecule has 0 aromatic heterocycles. The maximum absolute atomic E-state index is 16.6. The molecular formula is C130H76F10N6. The number of benzene rings is 24. The van der Waals surface area contributed by atoms with E-state index in [0.717, 1.165) is 104 Å². The van der Waals surface area contributed by atoms with Gasteiger partial charge in [-0.3, -0.25) is 0 Å². The van der Waals surface area contributed by atoms with Crippen molar-refractivity contribution in [1.29, 1.82) is 5.26 Å². The van der Waals surface area contributed by atoms with Crippen molar-refractivity contribution in [2.75, 3.05) is 19.6 Å². The van der Waals surface area contributed by atoms with E-state index in [1.54, 1.807) is 133 Å². The zero-order valence-electron chi connectivity index (χ0n) is 77.3. The second-order valence-corrected chi connectivity index (χ2v) is 35.9. The molecule has 24 aromatic carbocycles. The maximum Gasteiger partial charge on any atom is 0.187 e. The van der Waals surface area contributed by atoms with Crippen LogP contribution in [0.1, 0.15) is 5.56 Å². The van der Waals surface area contributed by atoms with E-state index in [-0.39, 0.29) is 34.6 Å². The lowest BCUT2D eigenvalue weighted by Crippen LogP contribution is -2.13. The summed E-state index contributed by atoms with van der Waals surface area (Å²) >= 11 is 0. The molecule has 0 aliphatic rings. The Hall–Kier alpha value is -19.2. The van der Waals surface area contributed by atoms with Gasteiger partial charge in [0.05, 0.1) is 52.3 Å². The highest BCUT2D eigenvalue weighted by Crippen LogP contribution is 2.54. The van der Waals surface area contributed by atoms with Gasteiger partial charge in [0.15, 0.2) is 5.69 Å². The van der Waals surface area contributed by atoms with Crippen molar-refractivity contribution in [3.8, 4) is 95.1 Å². The average Bonchev–Trinajstić information content (AvgIpc) is 0.698. The zero-order chi connectivity index (χ0) is 99.5. The van der Waals surface area contributed by atoms with E-state index in [1.807, 2.05) is 180 Å². The van der Waals surface area contributed by atoms with Crippen molar-refractivity contribution in [2.45, 2.75) is 0 Å². The zero-order valence-corrected chi connectivity index (χ0v) is 77.3. The Balaban J connectivity index is 0.000000161. The predicted molar refractivity (Wildman–Crippen MR) is 573 cm³/mol. The van der Waals surface area contributed by atoms with Gasteiger partial charge < -0.3 is 19.6 Å². The van der Waals surface area contributed by atoms with Gasteiger partial charge in [0.1, 0.15) is 58.2 Å². The molecule has 696 valence electrons. The van der Waals surface area contributed by atoms with Crippen molar-refractivity contribution in [1.82, 2.24) is 0 Å². The molecule has 0 unspecified atom stereocenters. The first-order chi connectivity index (χ1) is 71.3. The monoisotopic (exact) mass is 1910 g/mol. The Bertz CT molecular complexity index is 8570. The van der Waals surface area contributed by atoms with Gasteiger partial charge in [-0.25, -0.2) is 48.7 Å². The van der Waals surface area contributed by atoms with Crippen LogP contribution >= 0.6 is 0 Å². The number of anilines is 12. The number of nitrogens with zero attached hydrogens (tertiary/aromatic N) is 6. The molecule has 0 bridgehead atoms. The molecule has 0 N–H and O–H groups in total. The van der Waals surface area contributed by atoms with Crippen molar-refractivity contribution in [3.05, 3.63) is 536 Å². The van der Waals surface area contributed by atoms with Crippen molar-refractivity contribution >= 4 is 139 Å². The number of halogens is 10. The quantitative estimate of drug-likeness (QED) is 0.0432. The van der Waals surface area contributed by atoms with Gasteiger partial charge in [0, 0.05) is 55.7 Å². The molecule has 6 nitrogen and oxygen atoms in total. The minimum absolute atomic E-state index is 0.243. The van der Waals surface area contributed by atoms with E-state index in [9.17, 15) is 40.4 Å². The Labute approximate surface area is 833 Å². The summed E-state index contributed by atoms with van der Waals surface area (Å²) in [5.41, 5.74) is 18.6. The molecule has 0 spiro atoms. The second-order valence-electron chi connectivity index (χ2n) is 35.9. The fourth-order valence-electron chi connectivity index (χ4n) is 20.3. The number of hydrogen-bond donors (Lipinski definition) is 0. The standard InChI is InChI=1S/C66H38F4N4.C64H38F6N2/c1-72-56-20-24-58(25-21-56)74(60-38-50(46-8-4-12-54(69)34-46)31-51(39-60)47-9-5-13-55(70)35-47)64-29-19-43-16-26-61-63(28-18-42-17-27-62(64)66(43)65(42)61)73(57-22-14-41(40-71)15-23-57)59-36-48(44-6-2-10-52(67)32-44)30-49(37-59)45-7-3-11-53(68)33-45;65-49-13-5-9-41(31-49)45-29-46(42-10-6-14-50(66)32-42)36-53(35-45)71(61-19-3-1-17-57(61)69)59-27-23-39-22-26-56-60(28-24-40-21-25-55(59)63(39)64(40)56)72(62-20-4-2-18-58(62)70)54-37-47(43-11-7-15-51(67)33-43)30-48(38-54)44-12-8-16-52(68)34-44/h2-39H;1-38H. The molecular weight excluding hydrogens is 1840 g/mol. The first kappa shape index (κ1) is 90.7. The van der Waals surface area contributed by atoms with E-state index in [1.165, 1.54) is 109 Å². The fourth-order valence-corrected chi connectivity index (χ4v) is 20.3. The molecule has 24 aromatic rings. The molecule has 16 heteroatoms. The largest absolute Gasteiger partial charge is 0.310 e. The summed E-state index contributed by atoms with van der Waals surface area (Å²) in [6, 6.07) is 136. The fraction of sp³-hybridized carbons (Fsp3) is 0. The lowest BCUT2D eigenvalue weighted by Gasteiger charge is -2.30. The third-order valence-corrected chi connectivity index (χ3v) is 26.8. The Morgan fingerprint density at radius 3 is 0.630 bits per heavy atom. The van der Waals surface area contributed by atoms with Crippen LogP contribution in [0.3, 0.4) is 0 Å². The molecule has 146 heavy (non-hydrogen) atoms. The SMILES string of the molecule is Fc1cccc(-c2cc(-c3cccc(F)c3)cc(N(c3ccccc3F)c3ccc4ccc5c(N(c6cc(-c7cccc(F)c7)cc(-c7cccc(F)c7)c6)c6ccccc6F)ccc6ccc3c4c65)c2)c1.[C-]#[N+]c1ccc(N(c2cc(-c3cccc(F)c3)cc(-c3cccc(F)c3)c2)c2ccc3ccc4c(N(c5ccc(C#N)cc5)c5cc(-c6cccc(F)c6)cc(-c6cccc(F)c6)c5)ccc5ccc2c3c54)cc1. The molecule has 0 amide bonds. The molecule has 0 saturated heterocycles. The minimum Gasteiger partial charge on any atom is -0.310 e. The first-order valence-corrected chi connectivity index (χ1v) is 47.1. The van der Waals surface area contributed by atoms with E-state index >= 15 is 8.78 Å². The van der Waals surface area contributed by atoms with Crippen LogP contribution in [0.2, 0.25) is 0 Å². The van der Waals surface area contributed by atoms with Crippen LogP contribution in [0.25, 0.3) is 158 Å². The highest BCUT2D eigenvalue weighted by Gasteiger charge is 2.30. The van der Waals surface area contributed by atoms with Crippen LogP contribution in [-0.4, -0.2) is 0 Å². The van der Waals surface area contributed by atoms with Crippen LogP contribution < -0.4 is 19.6 Å². The summed E-state index contributed by atoms with van der Waals surface area (Å²) in [6.45, 7) is 7.76. The van der Waals surface area contributed by atoms with Crippen LogP contribution in [0.5, 0.6) is 0 Å². The lowest BCUT2D eigenvalue weighted by molar-refractivity contribution is 0.628. The summed E-state index contributed by atoms with van der Waals surface area (Å²) < 4.78 is 152. The van der Waals surface area contributed by atoms with E-state index in [0.29, 0.717) is 118 Å². The van der Waals surface area contributed by atoms with Crippen LogP contribution in [-0.2, 0) is 0 Å². The number of para-hydroxylation sites is 2. The van der Waals surface area contributed by atoms with Crippen molar-refractivity contribution < 1.29 is 43.9 Å². The Kier molecular flexibility index (Phi) is 23.7. The van der Waals surface area contributed by atoms with Crippen LogP contribution in [0.4, 0.5) is 118 Å². The smallest absolute Gasteiger partial charge is 0.187 e. The van der Waals surface area contributed by atoms with Gasteiger partial charge in [0.25, 0.3) is 0 Å². The van der Waals surface area contributed by atoms with E-state index in [4.69, 9.17) is 6.57 Å². The summed E-state index contributed by atoms with van der Waals surface area (Å²) in [6.07, 6.45) is 0. The molecule has 0 atom stereocenters. The molecule has 0 fully saturated rings. The third-order valence-electron chi connectivity index (χ3n) is 26.8. The van der Waals surface area contributed by atoms with Crippen molar-refractivity contribution in [3.63, 3.8) is 0 Å². The van der Waals surface area contributed by atoms with E-state index in [2.05, 4.69) is 69.2 Å². The van der Waals surface area contributed by atoms with Gasteiger partial charge in [-0.1, -0.05) is 206 Å². The second kappa shape index (κ2) is 38.1. The third kappa shape index (κ3) is 17.5. The topological polar surface area (TPSA) is 41.1 Å². The number of nitriles is 1. The van der Waals surface area contributed by atoms with Gasteiger partial charge in [-0.2, -0.15) is 5.26 Å². The summed E-state index contributed by atoms with van der Waals surface area (Å²) in [7, 11) is 0. The summed E-state index contributed by atoms with van der Waals surface area (Å²) in [5.74, 6) is -4.25. The molecule has 0 aliphatic carbocycles. The van der Waals surface area contributed by atoms with Gasteiger partial charge >= 0.3 is 0 Å². The molecule has 0 aliphatic heterocycles. The van der Waals surface area contributed by atoms with E-state index < -0.39 is 34.9 Å². The highest BCUT2D eigenvalue weighted by molar-refractivity contribution is 6.30. The van der Waals surface area contributed by atoms with Gasteiger partial charge in [0.2, 0.25) is 0 Å². The molecule has 0 saturated carbocycles.